The Morgan fingerprint density at radius 1 is 1.30 bits per heavy atom. The van der Waals surface area contributed by atoms with Gasteiger partial charge in [0.15, 0.2) is 5.96 Å². The van der Waals surface area contributed by atoms with Gasteiger partial charge in [0.2, 0.25) is 0 Å². The van der Waals surface area contributed by atoms with Crippen molar-refractivity contribution in [2.24, 2.45) is 10.9 Å². The van der Waals surface area contributed by atoms with Gasteiger partial charge in [-0.3, -0.25) is 9.67 Å². The van der Waals surface area contributed by atoms with Gasteiger partial charge >= 0.3 is 0 Å². The van der Waals surface area contributed by atoms with Gasteiger partial charge in [0.25, 0.3) is 0 Å². The summed E-state index contributed by atoms with van der Waals surface area (Å²) in [5.74, 6) is 1.30. The fraction of sp³-hybridized carbons (Fsp3) is 0.444. The first-order valence-electron chi connectivity index (χ1n) is 8.06. The quantitative estimate of drug-likeness (QED) is 0.636. The molecule has 1 aromatic carbocycles. The number of hydrogen-bond donors (Lipinski definition) is 2. The molecule has 124 valence electrons. The van der Waals surface area contributed by atoms with Gasteiger partial charge in [0, 0.05) is 39.1 Å². The molecule has 0 bridgehead atoms. The number of nitrogens with zero attached hydrogens (tertiary/aromatic N) is 3. The van der Waals surface area contributed by atoms with Crippen LogP contribution in [0.2, 0.25) is 0 Å². The summed E-state index contributed by atoms with van der Waals surface area (Å²) < 4.78 is 1.96. The molecular formula is C18H27N5. The van der Waals surface area contributed by atoms with E-state index >= 15 is 0 Å². The minimum absolute atomic E-state index is 0.467. The molecule has 0 aliphatic rings. The lowest BCUT2D eigenvalue weighted by molar-refractivity contribution is 0.443. The van der Waals surface area contributed by atoms with E-state index in [1.807, 2.05) is 23.1 Å². The zero-order valence-corrected chi connectivity index (χ0v) is 14.5. The zero-order chi connectivity index (χ0) is 16.7. The van der Waals surface area contributed by atoms with Crippen LogP contribution in [0.4, 0.5) is 0 Å². The van der Waals surface area contributed by atoms with Crippen molar-refractivity contribution in [2.45, 2.75) is 33.9 Å². The van der Waals surface area contributed by atoms with E-state index in [-0.39, 0.29) is 0 Å². The number of benzene rings is 1. The second kappa shape index (κ2) is 8.36. The summed E-state index contributed by atoms with van der Waals surface area (Å²) >= 11 is 0. The molecule has 2 rings (SSSR count). The highest BCUT2D eigenvalue weighted by Crippen LogP contribution is 2.09. The molecule has 0 saturated carbocycles. The summed E-state index contributed by atoms with van der Waals surface area (Å²) in [6.07, 6.45) is 3.80. The zero-order valence-electron chi connectivity index (χ0n) is 14.5. The number of nitrogens with one attached hydrogen (secondary N) is 2. The van der Waals surface area contributed by atoms with Gasteiger partial charge in [-0.25, -0.2) is 0 Å². The Hall–Kier alpha value is -2.30. The lowest BCUT2D eigenvalue weighted by Crippen LogP contribution is -2.39. The van der Waals surface area contributed by atoms with E-state index in [1.54, 1.807) is 7.05 Å². The summed E-state index contributed by atoms with van der Waals surface area (Å²) in [4.78, 5) is 4.29. The van der Waals surface area contributed by atoms with Crippen molar-refractivity contribution < 1.29 is 0 Å². The number of guanidine groups is 1. The van der Waals surface area contributed by atoms with Gasteiger partial charge in [-0.1, -0.05) is 30.7 Å². The molecule has 2 aromatic rings. The Balaban J connectivity index is 1.79. The van der Waals surface area contributed by atoms with Crippen LogP contribution in [-0.2, 0) is 13.1 Å². The molecule has 5 nitrogen and oxygen atoms in total. The van der Waals surface area contributed by atoms with Crippen molar-refractivity contribution in [3.05, 3.63) is 53.3 Å². The van der Waals surface area contributed by atoms with Crippen molar-refractivity contribution in [2.75, 3.05) is 13.6 Å². The first-order chi connectivity index (χ1) is 11.1. The molecule has 1 heterocycles. The molecule has 2 N–H and O–H groups in total. The van der Waals surface area contributed by atoms with Crippen LogP contribution >= 0.6 is 0 Å². The molecule has 0 aliphatic carbocycles. The molecule has 0 saturated heterocycles. The fourth-order valence-corrected chi connectivity index (χ4v) is 2.51. The van der Waals surface area contributed by atoms with Crippen LogP contribution in [0.5, 0.6) is 0 Å². The largest absolute Gasteiger partial charge is 0.356 e. The van der Waals surface area contributed by atoms with Crippen LogP contribution in [-0.4, -0.2) is 29.3 Å². The maximum Gasteiger partial charge on any atom is 0.191 e. The lowest BCUT2D eigenvalue weighted by Gasteiger charge is -2.17. The minimum atomic E-state index is 0.467. The van der Waals surface area contributed by atoms with Crippen molar-refractivity contribution in [1.29, 1.82) is 0 Å². The third-order valence-corrected chi connectivity index (χ3v) is 3.84. The van der Waals surface area contributed by atoms with Gasteiger partial charge in [-0.15, -0.1) is 0 Å². The van der Waals surface area contributed by atoms with E-state index in [9.17, 15) is 0 Å². The van der Waals surface area contributed by atoms with E-state index in [4.69, 9.17) is 0 Å². The molecule has 5 heteroatoms. The van der Waals surface area contributed by atoms with E-state index in [0.717, 1.165) is 25.6 Å². The number of aromatic nitrogens is 2. The summed E-state index contributed by atoms with van der Waals surface area (Å²) in [6.45, 7) is 8.99. The number of aliphatic imine (C=N–C) groups is 1. The molecule has 23 heavy (non-hydrogen) atoms. The van der Waals surface area contributed by atoms with Crippen LogP contribution < -0.4 is 10.6 Å². The maximum absolute atomic E-state index is 4.29. The van der Waals surface area contributed by atoms with Crippen LogP contribution in [0.25, 0.3) is 0 Å². The molecule has 0 spiro atoms. The lowest BCUT2D eigenvalue weighted by atomic mass is 10.1. The van der Waals surface area contributed by atoms with Crippen LogP contribution in [0.1, 0.15) is 23.6 Å². The highest BCUT2D eigenvalue weighted by Gasteiger charge is 2.06. The third-order valence-electron chi connectivity index (χ3n) is 3.84. The van der Waals surface area contributed by atoms with Crippen molar-refractivity contribution in [3.63, 3.8) is 0 Å². The van der Waals surface area contributed by atoms with E-state index in [2.05, 4.69) is 59.7 Å². The topological polar surface area (TPSA) is 54.2 Å². The van der Waals surface area contributed by atoms with Crippen molar-refractivity contribution >= 4 is 5.96 Å². The summed E-state index contributed by atoms with van der Waals surface area (Å²) in [7, 11) is 1.80. The van der Waals surface area contributed by atoms with Gasteiger partial charge in [0.05, 0.1) is 0 Å². The van der Waals surface area contributed by atoms with Gasteiger partial charge in [-0.2, -0.15) is 5.10 Å². The van der Waals surface area contributed by atoms with Crippen LogP contribution in [0, 0.1) is 19.8 Å². The Labute approximate surface area is 138 Å². The second-order valence-electron chi connectivity index (χ2n) is 6.07. The molecule has 1 aromatic heterocycles. The standard InChI is InChI=1S/C18H27N5/c1-14-6-7-17(16(3)10-14)12-21-18(19-4)20-11-15(2)13-23-9-5-8-22-23/h5-10,15H,11-13H2,1-4H3,(H2,19,20,21). The first kappa shape index (κ1) is 17.1. The monoisotopic (exact) mass is 313 g/mol. The highest BCUT2D eigenvalue weighted by molar-refractivity contribution is 5.79. The molecule has 1 unspecified atom stereocenters. The predicted molar refractivity (Wildman–Crippen MR) is 95.5 cm³/mol. The minimum Gasteiger partial charge on any atom is -0.356 e. The molecular weight excluding hydrogens is 286 g/mol. The molecule has 0 fully saturated rings. The Kier molecular flexibility index (Phi) is 6.20. The van der Waals surface area contributed by atoms with Crippen LogP contribution in [0.15, 0.2) is 41.7 Å². The molecule has 1 atom stereocenters. The average molecular weight is 313 g/mol. The van der Waals surface area contributed by atoms with Crippen molar-refractivity contribution in [3.8, 4) is 0 Å². The van der Waals surface area contributed by atoms with Gasteiger partial charge < -0.3 is 10.6 Å². The average Bonchev–Trinajstić information content (AvgIpc) is 3.02. The SMILES string of the molecule is CN=C(NCc1ccc(C)cc1C)NCC(C)Cn1cccn1. The maximum atomic E-state index is 4.29. The fourth-order valence-electron chi connectivity index (χ4n) is 2.51. The third kappa shape index (κ3) is 5.43. The van der Waals surface area contributed by atoms with Crippen molar-refractivity contribution in [1.82, 2.24) is 20.4 Å². The van der Waals surface area contributed by atoms with E-state index in [0.29, 0.717) is 5.92 Å². The normalized spacial score (nSPS) is 13.0. The summed E-state index contributed by atoms with van der Waals surface area (Å²) in [5, 5.41) is 11.0. The smallest absolute Gasteiger partial charge is 0.191 e. The van der Waals surface area contributed by atoms with E-state index in [1.165, 1.54) is 16.7 Å². The van der Waals surface area contributed by atoms with E-state index < -0.39 is 0 Å². The van der Waals surface area contributed by atoms with Crippen LogP contribution in [0.3, 0.4) is 0 Å². The molecule has 0 radical (unpaired) electrons. The highest BCUT2D eigenvalue weighted by atomic mass is 15.3. The molecule has 0 aliphatic heterocycles. The Bertz CT molecular complexity index is 631. The number of aryl methyl sites for hydroxylation is 2. The predicted octanol–water partition coefficient (Wildman–Crippen LogP) is 2.50. The summed E-state index contributed by atoms with van der Waals surface area (Å²) in [6, 6.07) is 8.47. The number of rotatable bonds is 6. The van der Waals surface area contributed by atoms with Gasteiger partial charge in [0.1, 0.15) is 0 Å². The van der Waals surface area contributed by atoms with Gasteiger partial charge in [-0.05, 0) is 37.0 Å². The second-order valence-corrected chi connectivity index (χ2v) is 6.07. The number of hydrogen-bond acceptors (Lipinski definition) is 2. The Morgan fingerprint density at radius 3 is 2.78 bits per heavy atom. The Morgan fingerprint density at radius 2 is 2.13 bits per heavy atom. The molecule has 0 amide bonds. The first-order valence-corrected chi connectivity index (χ1v) is 8.06. The summed E-state index contributed by atoms with van der Waals surface area (Å²) in [5.41, 5.74) is 3.89.